The van der Waals surface area contributed by atoms with E-state index in [-0.39, 0.29) is 23.8 Å². The van der Waals surface area contributed by atoms with Crippen molar-refractivity contribution in [2.75, 3.05) is 13.1 Å². The molecule has 1 aliphatic heterocycles. The maximum atomic E-state index is 8.55. The number of aliphatic imine (C=N–C) groups is 2. The maximum Gasteiger partial charge on any atom is 0.108 e. The van der Waals surface area contributed by atoms with Crippen LogP contribution in [-0.4, -0.2) is 36.3 Å². The Labute approximate surface area is 288 Å². The van der Waals surface area contributed by atoms with Crippen molar-refractivity contribution in [2.24, 2.45) is 33.7 Å². The first-order valence-electron chi connectivity index (χ1n) is 17.5. The average molecular weight is 633 g/mol. The molecule has 0 radical (unpaired) electrons. The molecule has 5 atom stereocenters. The lowest BCUT2D eigenvalue weighted by molar-refractivity contribution is 0.526. The molecule has 0 aromatic carbocycles. The highest BCUT2D eigenvalue weighted by Gasteiger charge is 2.33. The molecule has 2 N–H and O–H groups in total. The Kier molecular flexibility index (Phi) is 11.7. The third kappa shape index (κ3) is 7.98. The van der Waals surface area contributed by atoms with Crippen molar-refractivity contribution >= 4 is 17.1 Å². The molecular formula is C44H48N4. The summed E-state index contributed by atoms with van der Waals surface area (Å²) in [7, 11) is 0. The van der Waals surface area contributed by atoms with Crippen LogP contribution < -0.4 is 5.32 Å². The largest absolute Gasteiger partial charge is 0.387 e. The van der Waals surface area contributed by atoms with Crippen LogP contribution in [-0.2, 0) is 0 Å². The molecule has 1 heterocycles. The van der Waals surface area contributed by atoms with Gasteiger partial charge in [-0.3, -0.25) is 9.98 Å². The Hall–Kier alpha value is -4.85. The van der Waals surface area contributed by atoms with E-state index < -0.39 is 0 Å². The molecule has 0 fully saturated rings. The zero-order valence-electron chi connectivity index (χ0n) is 29.4. The highest BCUT2D eigenvalue weighted by molar-refractivity contribution is 6.12. The molecule has 0 spiro atoms. The lowest BCUT2D eigenvalue weighted by Crippen LogP contribution is -2.35. The molecule has 0 amide bonds. The van der Waals surface area contributed by atoms with E-state index in [1.165, 1.54) is 28.0 Å². The quantitative estimate of drug-likeness (QED) is 0.141. The van der Waals surface area contributed by atoms with Crippen LogP contribution in [0.25, 0.3) is 0 Å². The van der Waals surface area contributed by atoms with E-state index in [1.807, 2.05) is 37.3 Å². The van der Waals surface area contributed by atoms with Crippen molar-refractivity contribution in [3.8, 4) is 35.5 Å². The number of allylic oxidation sites excluding steroid dienone is 15. The van der Waals surface area contributed by atoms with Gasteiger partial charge in [-0.2, -0.15) is 0 Å². The van der Waals surface area contributed by atoms with E-state index in [9.17, 15) is 0 Å². The molecule has 3 unspecified atom stereocenters. The van der Waals surface area contributed by atoms with Crippen LogP contribution in [0.3, 0.4) is 0 Å². The predicted molar refractivity (Wildman–Crippen MR) is 204 cm³/mol. The zero-order chi connectivity index (χ0) is 34.0. The average Bonchev–Trinajstić information content (AvgIpc) is 3.10. The summed E-state index contributed by atoms with van der Waals surface area (Å²) >= 11 is 0. The van der Waals surface area contributed by atoms with E-state index in [2.05, 4.69) is 112 Å². The first-order valence-corrected chi connectivity index (χ1v) is 17.5. The van der Waals surface area contributed by atoms with Crippen LogP contribution in [0.5, 0.6) is 0 Å². The fraction of sp³-hybridized carbons (Fsp3) is 0.386. The smallest absolute Gasteiger partial charge is 0.108 e. The summed E-state index contributed by atoms with van der Waals surface area (Å²) in [5.41, 5.74) is 10.5. The number of nitrogens with zero attached hydrogens (tertiary/aromatic N) is 2. The van der Waals surface area contributed by atoms with Crippen LogP contribution in [0.4, 0.5) is 0 Å². The highest BCUT2D eigenvalue weighted by atomic mass is 15.0. The summed E-state index contributed by atoms with van der Waals surface area (Å²) in [6, 6.07) is -0.00985. The molecule has 0 aromatic rings. The van der Waals surface area contributed by atoms with Crippen LogP contribution in [0.15, 0.2) is 116 Å². The topological polar surface area (TPSA) is 60.6 Å². The SMILES string of the molecule is CC#CC(C=C1/C(=C2/C=CC=CC2=N)C=C[C@@H](C)[C@H]1C)=NC/C(=C/CC1=NC2C(NCC)=C(C)C(C3C#CC=CC3)=CC2C#C1)CCC. The summed E-state index contributed by atoms with van der Waals surface area (Å²) in [6.07, 6.45) is 26.7. The molecule has 0 saturated carbocycles. The van der Waals surface area contributed by atoms with Crippen LogP contribution in [0, 0.1) is 64.6 Å². The van der Waals surface area contributed by atoms with Gasteiger partial charge in [-0.15, -0.1) is 0 Å². The number of hydrogen-bond donors (Lipinski definition) is 2. The first kappa shape index (κ1) is 34.5. The molecule has 0 aromatic heterocycles. The van der Waals surface area contributed by atoms with Crippen LogP contribution in [0.2, 0.25) is 0 Å². The summed E-state index contributed by atoms with van der Waals surface area (Å²) in [5, 5.41) is 12.2. The fourth-order valence-electron chi connectivity index (χ4n) is 6.79. The predicted octanol–water partition coefficient (Wildman–Crippen LogP) is 8.62. The summed E-state index contributed by atoms with van der Waals surface area (Å²) in [4.78, 5) is 10.3. The zero-order valence-corrected chi connectivity index (χ0v) is 29.4. The Morgan fingerprint density at radius 2 is 1.98 bits per heavy atom. The van der Waals surface area contributed by atoms with Gasteiger partial charge in [0, 0.05) is 30.2 Å². The van der Waals surface area contributed by atoms with Gasteiger partial charge in [0.2, 0.25) is 0 Å². The van der Waals surface area contributed by atoms with Gasteiger partial charge in [-0.25, -0.2) is 0 Å². The Bertz CT molecular complexity index is 1860. The van der Waals surface area contributed by atoms with E-state index in [4.69, 9.17) is 15.4 Å². The standard InChI is InChI=1S/C44H48N4/c1-7-15-33(29-47-37(16-8-2)28-41-31(5)30(4)21-26-38(41)39-19-13-14-20-42(39)45)22-24-36-25-23-35-27-40(34-17-11-10-12-18-34)32(6)43(46-9-3)44(35)48-36/h10-11,13-14,19-22,26-28,30-31,34-35,44-46H,7,9,15,17,24,29H2,1-6H3/b33-22+,39-38-,41-28?,45-42?,47-37?/t30-,31-,34?,35?,44?/m1/s1. The van der Waals surface area contributed by atoms with Gasteiger partial charge in [-0.05, 0) is 91.9 Å². The van der Waals surface area contributed by atoms with E-state index >= 15 is 0 Å². The van der Waals surface area contributed by atoms with Gasteiger partial charge in [0.15, 0.2) is 0 Å². The van der Waals surface area contributed by atoms with Gasteiger partial charge in [0.05, 0.1) is 23.9 Å². The molecule has 244 valence electrons. The summed E-state index contributed by atoms with van der Waals surface area (Å²) in [5.74, 6) is 20.8. The second kappa shape index (κ2) is 16.3. The molecule has 4 heteroatoms. The Morgan fingerprint density at radius 3 is 2.71 bits per heavy atom. The molecule has 0 bridgehead atoms. The lowest BCUT2D eigenvalue weighted by Gasteiger charge is -2.33. The number of hydrogen-bond acceptors (Lipinski definition) is 4. The van der Waals surface area contributed by atoms with Crippen molar-refractivity contribution in [3.63, 3.8) is 0 Å². The highest BCUT2D eigenvalue weighted by Crippen LogP contribution is 2.37. The second-order valence-corrected chi connectivity index (χ2v) is 12.9. The first-order chi connectivity index (χ1) is 23.3. The van der Waals surface area contributed by atoms with Crippen molar-refractivity contribution in [1.82, 2.24) is 5.32 Å². The molecule has 48 heavy (non-hydrogen) atoms. The number of nitrogens with one attached hydrogen (secondary N) is 2. The van der Waals surface area contributed by atoms with Crippen molar-refractivity contribution in [3.05, 3.63) is 106 Å². The molecule has 4 nitrogen and oxygen atoms in total. The molecular weight excluding hydrogens is 585 g/mol. The van der Waals surface area contributed by atoms with E-state index in [0.29, 0.717) is 24.6 Å². The maximum absolute atomic E-state index is 8.55. The molecule has 5 aliphatic rings. The number of likely N-dealkylation sites (N-methyl/N-ethyl adjacent to an activating group) is 1. The Balaban J connectivity index is 1.39. The van der Waals surface area contributed by atoms with Gasteiger partial charge in [0.25, 0.3) is 0 Å². The minimum Gasteiger partial charge on any atom is -0.387 e. The van der Waals surface area contributed by atoms with Crippen molar-refractivity contribution in [2.45, 2.75) is 73.3 Å². The van der Waals surface area contributed by atoms with Gasteiger partial charge in [-0.1, -0.05) is 111 Å². The number of rotatable bonds is 10. The van der Waals surface area contributed by atoms with Crippen molar-refractivity contribution in [1.29, 1.82) is 5.41 Å². The molecule has 0 saturated heterocycles. The molecule has 4 aliphatic carbocycles. The minimum absolute atomic E-state index is 0.00985. The lowest BCUT2D eigenvalue weighted by atomic mass is 9.76. The fourth-order valence-corrected chi connectivity index (χ4v) is 6.79. The monoisotopic (exact) mass is 632 g/mol. The molecule has 5 rings (SSSR count). The minimum atomic E-state index is -0.00985. The summed E-state index contributed by atoms with van der Waals surface area (Å²) < 4.78 is 0. The second-order valence-electron chi connectivity index (χ2n) is 12.9. The summed E-state index contributed by atoms with van der Waals surface area (Å²) in [6.45, 7) is 14.3. The number of fused-ring (bicyclic) bond motifs is 1. The van der Waals surface area contributed by atoms with Gasteiger partial charge in [0.1, 0.15) is 11.8 Å². The van der Waals surface area contributed by atoms with Gasteiger partial charge < -0.3 is 10.7 Å². The normalized spacial score (nSPS) is 28.5. The van der Waals surface area contributed by atoms with E-state index in [1.54, 1.807) is 0 Å². The third-order valence-electron chi connectivity index (χ3n) is 9.61. The van der Waals surface area contributed by atoms with Crippen LogP contribution >= 0.6 is 0 Å². The van der Waals surface area contributed by atoms with Crippen LogP contribution in [0.1, 0.15) is 67.2 Å². The van der Waals surface area contributed by atoms with Crippen molar-refractivity contribution < 1.29 is 0 Å². The van der Waals surface area contributed by atoms with Gasteiger partial charge >= 0.3 is 0 Å². The van der Waals surface area contributed by atoms with E-state index in [0.717, 1.165) is 48.4 Å². The third-order valence-corrected chi connectivity index (χ3v) is 9.61. The Morgan fingerprint density at radius 1 is 1.15 bits per heavy atom.